The number of anilines is 6. The Balaban J connectivity index is 1.17. The van der Waals surface area contributed by atoms with E-state index in [0.717, 1.165) is 12.1 Å². The highest BCUT2D eigenvalue weighted by molar-refractivity contribution is 6.90. The third-order valence-electron chi connectivity index (χ3n) is 16.9. The number of fused-ring (bicyclic) bond motifs is 9. The second kappa shape index (κ2) is 15.9. The molecule has 1 unspecified atom stereocenters. The van der Waals surface area contributed by atoms with Crippen molar-refractivity contribution in [3.8, 4) is 28.1 Å². The molecule has 0 spiro atoms. The molecular formula is C68H70BN3. The van der Waals surface area contributed by atoms with Crippen LogP contribution in [0.1, 0.15) is 144 Å². The van der Waals surface area contributed by atoms with E-state index in [-0.39, 0.29) is 34.2 Å². The quantitative estimate of drug-likeness (QED) is 0.159. The van der Waals surface area contributed by atoms with Crippen LogP contribution < -0.4 is 20.7 Å². The summed E-state index contributed by atoms with van der Waals surface area (Å²) < 4.78 is 2.74. The number of aryl methyl sites for hydroxylation is 3. The molecule has 72 heavy (non-hydrogen) atoms. The minimum Gasteiger partial charge on any atom is -0.313 e. The van der Waals surface area contributed by atoms with Crippen molar-refractivity contribution in [2.75, 3.05) is 9.80 Å². The molecule has 12 rings (SSSR count). The maximum atomic E-state index is 2.74. The van der Waals surface area contributed by atoms with Gasteiger partial charge in [0.05, 0.1) is 11.4 Å². The van der Waals surface area contributed by atoms with Gasteiger partial charge in [-0.3, -0.25) is 0 Å². The summed E-state index contributed by atoms with van der Waals surface area (Å²) >= 11 is 0. The molecule has 0 saturated carbocycles. The van der Waals surface area contributed by atoms with E-state index in [0.29, 0.717) is 0 Å². The van der Waals surface area contributed by atoms with Crippen LogP contribution in [0.2, 0.25) is 0 Å². The number of hydrogen-bond acceptors (Lipinski definition) is 2. The number of benzene rings is 7. The summed E-state index contributed by atoms with van der Waals surface area (Å²) in [6.07, 6.45) is 5.94. The fraction of sp³-hybridized carbons (Fsp3) is 0.294. The first-order chi connectivity index (χ1) is 34.1. The van der Waals surface area contributed by atoms with Crippen molar-refractivity contribution in [2.45, 2.75) is 131 Å². The van der Waals surface area contributed by atoms with Crippen molar-refractivity contribution in [3.05, 3.63) is 201 Å². The molecule has 4 heteroatoms. The fourth-order valence-corrected chi connectivity index (χ4v) is 13.1. The molecule has 3 heterocycles. The standard InChI is InChI=1S/C68H70BN3/c1-41-35-59-62-60(36-41)72-63-50(61-64(72)49-23-18-19-25-52(49)68(61,13)14)24-20-26-54(63)69(62)53-31-30-48(40-58(53)71(59)57-34-29-47(67(10,11)12)39-51(57)44-21-16-15-17-22-44)70(55-32-27-45(37-42(55)2)65(4,5)6)56-33-28-46(38-43(56)3)66(7,8)9/h15-25,27-40,54H,26H2,1-14H3. The van der Waals surface area contributed by atoms with Gasteiger partial charge in [0.2, 0.25) is 6.71 Å². The number of hydrogen-bond donors (Lipinski definition) is 0. The van der Waals surface area contributed by atoms with Gasteiger partial charge in [0.15, 0.2) is 0 Å². The average molecular weight is 940 g/mol. The maximum Gasteiger partial charge on any atom is 0.226 e. The normalized spacial score (nSPS) is 16.0. The molecule has 7 aromatic carbocycles. The van der Waals surface area contributed by atoms with Crippen LogP contribution in [0.25, 0.3) is 34.1 Å². The molecule has 2 aliphatic carbocycles. The van der Waals surface area contributed by atoms with Crippen LogP contribution in [-0.2, 0) is 21.7 Å². The van der Waals surface area contributed by atoms with E-state index in [1.807, 2.05) is 0 Å². The molecule has 360 valence electrons. The van der Waals surface area contributed by atoms with E-state index in [1.54, 1.807) is 0 Å². The zero-order valence-electron chi connectivity index (χ0n) is 45.1. The Morgan fingerprint density at radius 3 is 1.81 bits per heavy atom. The van der Waals surface area contributed by atoms with Gasteiger partial charge >= 0.3 is 0 Å². The van der Waals surface area contributed by atoms with Crippen molar-refractivity contribution < 1.29 is 0 Å². The van der Waals surface area contributed by atoms with Crippen LogP contribution in [0.15, 0.2) is 146 Å². The SMILES string of the molecule is Cc1cc2c3c(c1)-n1c4c(c5c1C(CC=C5)B3c1ccc(N(c3ccc(C(C)(C)C)cc3C)c3ccc(C(C)(C)C)cc3C)cc1N2c1ccc(C(C)(C)C)cc1-c1ccccc1)C(C)(C)c1ccccc1-4. The Morgan fingerprint density at radius 2 is 1.17 bits per heavy atom. The fourth-order valence-electron chi connectivity index (χ4n) is 13.1. The molecule has 0 radical (unpaired) electrons. The van der Waals surface area contributed by atoms with E-state index in [9.17, 15) is 0 Å². The number of allylic oxidation sites excluding steroid dienone is 1. The van der Waals surface area contributed by atoms with E-state index in [2.05, 4.69) is 263 Å². The predicted molar refractivity (Wildman–Crippen MR) is 310 cm³/mol. The van der Waals surface area contributed by atoms with Gasteiger partial charge in [0.25, 0.3) is 0 Å². The summed E-state index contributed by atoms with van der Waals surface area (Å²) in [5.74, 6) is 0.256. The zero-order chi connectivity index (χ0) is 50.6. The van der Waals surface area contributed by atoms with Crippen LogP contribution >= 0.6 is 0 Å². The lowest BCUT2D eigenvalue weighted by atomic mass is 9.29. The lowest BCUT2D eigenvalue weighted by Gasteiger charge is -2.45. The van der Waals surface area contributed by atoms with E-state index < -0.39 is 0 Å². The summed E-state index contributed by atoms with van der Waals surface area (Å²) in [5.41, 5.74) is 30.1. The molecule has 0 bridgehead atoms. The number of aromatic nitrogens is 1. The monoisotopic (exact) mass is 940 g/mol. The van der Waals surface area contributed by atoms with Gasteiger partial charge in [-0.25, -0.2) is 0 Å². The van der Waals surface area contributed by atoms with Gasteiger partial charge in [-0.05, 0) is 164 Å². The largest absolute Gasteiger partial charge is 0.313 e. The molecule has 0 N–H and O–H groups in total. The van der Waals surface area contributed by atoms with Gasteiger partial charge in [-0.15, -0.1) is 0 Å². The minimum atomic E-state index is -0.131. The number of rotatable bonds is 5. The van der Waals surface area contributed by atoms with Crippen molar-refractivity contribution in [1.82, 2.24) is 4.57 Å². The van der Waals surface area contributed by atoms with Gasteiger partial charge in [-0.1, -0.05) is 179 Å². The third-order valence-corrected chi connectivity index (χ3v) is 16.9. The molecule has 1 aromatic heterocycles. The molecule has 0 saturated heterocycles. The summed E-state index contributed by atoms with van der Waals surface area (Å²) in [5, 5.41) is 0. The van der Waals surface area contributed by atoms with E-state index >= 15 is 0 Å². The smallest absolute Gasteiger partial charge is 0.226 e. The van der Waals surface area contributed by atoms with Crippen LogP contribution in [0, 0.1) is 20.8 Å². The topological polar surface area (TPSA) is 11.4 Å². The highest BCUT2D eigenvalue weighted by Crippen LogP contribution is 2.58. The van der Waals surface area contributed by atoms with E-state index in [4.69, 9.17) is 0 Å². The average Bonchev–Trinajstić information content (AvgIpc) is 3.81. The third kappa shape index (κ3) is 6.91. The van der Waals surface area contributed by atoms with Gasteiger partial charge in [0.1, 0.15) is 0 Å². The molecule has 0 fully saturated rings. The summed E-state index contributed by atoms with van der Waals surface area (Å²) in [4.78, 5) is 5.23. The summed E-state index contributed by atoms with van der Waals surface area (Å²) in [6.45, 7) is 32.8. The van der Waals surface area contributed by atoms with Gasteiger partial charge < -0.3 is 14.4 Å². The van der Waals surface area contributed by atoms with Gasteiger partial charge in [0, 0.05) is 56.4 Å². The number of nitrogens with zero attached hydrogens (tertiary/aromatic N) is 3. The first-order valence-corrected chi connectivity index (χ1v) is 26.5. The van der Waals surface area contributed by atoms with E-state index in [1.165, 1.54) is 123 Å². The Kier molecular flexibility index (Phi) is 10.2. The van der Waals surface area contributed by atoms with Crippen molar-refractivity contribution in [3.63, 3.8) is 0 Å². The lowest BCUT2D eigenvalue weighted by molar-refractivity contribution is 0.589. The molecule has 3 nitrogen and oxygen atoms in total. The molecule has 2 aliphatic heterocycles. The second-order valence-corrected chi connectivity index (χ2v) is 25.2. The van der Waals surface area contributed by atoms with Crippen molar-refractivity contribution in [1.29, 1.82) is 0 Å². The minimum absolute atomic E-state index is 0.0292. The molecule has 8 aromatic rings. The van der Waals surface area contributed by atoms with Crippen molar-refractivity contribution in [2.24, 2.45) is 0 Å². The van der Waals surface area contributed by atoms with Crippen LogP contribution in [0.4, 0.5) is 34.1 Å². The van der Waals surface area contributed by atoms with Crippen LogP contribution in [-0.4, -0.2) is 11.3 Å². The Morgan fingerprint density at radius 1 is 0.569 bits per heavy atom. The summed E-state index contributed by atoms with van der Waals surface area (Å²) in [7, 11) is 0. The second-order valence-electron chi connectivity index (χ2n) is 25.2. The maximum absolute atomic E-state index is 2.74. The van der Waals surface area contributed by atoms with Gasteiger partial charge in [-0.2, -0.15) is 0 Å². The van der Waals surface area contributed by atoms with Crippen molar-refractivity contribution >= 4 is 57.8 Å². The Labute approximate surface area is 430 Å². The molecular weight excluding hydrogens is 870 g/mol. The first-order valence-electron chi connectivity index (χ1n) is 26.5. The highest BCUT2D eigenvalue weighted by atomic mass is 15.2. The predicted octanol–water partition coefficient (Wildman–Crippen LogP) is 17.2. The molecule has 4 aliphatic rings. The molecule has 0 amide bonds. The Bertz CT molecular complexity index is 3520. The lowest BCUT2D eigenvalue weighted by Crippen LogP contribution is -2.57. The van der Waals surface area contributed by atoms with Crippen LogP contribution in [0.3, 0.4) is 0 Å². The van der Waals surface area contributed by atoms with Crippen LogP contribution in [0.5, 0.6) is 0 Å². The first kappa shape index (κ1) is 46.3. The summed E-state index contributed by atoms with van der Waals surface area (Å²) in [6, 6.07) is 54.4. The molecule has 1 atom stereocenters. The highest BCUT2D eigenvalue weighted by Gasteiger charge is 2.51. The zero-order valence-corrected chi connectivity index (χ0v) is 45.1. The Hall–Kier alpha value is -6.78.